The van der Waals surface area contributed by atoms with Crippen LogP contribution in [0.15, 0.2) is 0 Å². The monoisotopic (exact) mass is 168 g/mol. The van der Waals surface area contributed by atoms with Crippen molar-refractivity contribution in [2.75, 3.05) is 20.1 Å². The van der Waals surface area contributed by atoms with Gasteiger partial charge in [0.15, 0.2) is 0 Å². The van der Waals surface area contributed by atoms with Crippen LogP contribution in [0.2, 0.25) is 0 Å². The molecule has 1 N–H and O–H groups in total. The molecule has 12 heavy (non-hydrogen) atoms. The van der Waals surface area contributed by atoms with E-state index in [1.54, 1.807) is 0 Å². The molecular formula is C10H20N2. The van der Waals surface area contributed by atoms with Crippen molar-refractivity contribution >= 4 is 0 Å². The van der Waals surface area contributed by atoms with Crippen LogP contribution in [0.4, 0.5) is 0 Å². The summed E-state index contributed by atoms with van der Waals surface area (Å²) in [4.78, 5) is 2.61. The number of likely N-dealkylation sites (N-methyl/N-ethyl adjacent to an activating group) is 1. The second-order valence-electron chi connectivity index (χ2n) is 4.62. The van der Waals surface area contributed by atoms with Crippen molar-refractivity contribution in [1.29, 1.82) is 0 Å². The van der Waals surface area contributed by atoms with Gasteiger partial charge in [0.1, 0.15) is 0 Å². The number of rotatable bonds is 2. The predicted octanol–water partition coefficient (Wildman–Crippen LogP) is 1.22. The first-order valence-electron chi connectivity index (χ1n) is 5.16. The van der Waals surface area contributed by atoms with E-state index in [1.165, 1.54) is 38.8 Å². The fraction of sp³-hybridized carbons (Fsp3) is 1.00. The molecule has 0 aromatic rings. The molecule has 1 saturated heterocycles. The average Bonchev–Trinajstić information content (AvgIpc) is 2.33. The first kappa shape index (κ1) is 8.52. The zero-order valence-electron chi connectivity index (χ0n) is 8.27. The number of hydrogen-bond donors (Lipinski definition) is 1. The third kappa shape index (κ3) is 1.27. The van der Waals surface area contributed by atoms with Crippen molar-refractivity contribution in [2.24, 2.45) is 0 Å². The van der Waals surface area contributed by atoms with Gasteiger partial charge < -0.3 is 5.32 Å². The Bertz CT molecular complexity index is 157. The second-order valence-corrected chi connectivity index (χ2v) is 4.62. The summed E-state index contributed by atoms with van der Waals surface area (Å²) in [5, 5.41) is 3.46. The Kier molecular flexibility index (Phi) is 2.13. The molecule has 0 radical (unpaired) electrons. The van der Waals surface area contributed by atoms with Crippen LogP contribution in [0.25, 0.3) is 0 Å². The highest BCUT2D eigenvalue weighted by atomic mass is 15.2. The Labute approximate surface area is 75.3 Å². The van der Waals surface area contributed by atoms with E-state index < -0.39 is 0 Å². The van der Waals surface area contributed by atoms with Gasteiger partial charge in [-0.2, -0.15) is 0 Å². The molecule has 2 rings (SSSR count). The molecule has 0 spiro atoms. The van der Waals surface area contributed by atoms with Gasteiger partial charge in [-0.05, 0) is 39.8 Å². The SMILES string of the molecule is CN(C1CCC1)[C@]1(C)CCNC1. The summed E-state index contributed by atoms with van der Waals surface area (Å²) < 4.78 is 0. The molecule has 1 atom stereocenters. The Morgan fingerprint density at radius 2 is 2.17 bits per heavy atom. The van der Waals surface area contributed by atoms with E-state index in [2.05, 4.69) is 24.2 Å². The fourth-order valence-electron chi connectivity index (χ4n) is 2.32. The maximum atomic E-state index is 3.46. The predicted molar refractivity (Wildman–Crippen MR) is 51.3 cm³/mol. The third-order valence-electron chi connectivity index (χ3n) is 3.82. The largest absolute Gasteiger partial charge is 0.315 e. The highest BCUT2D eigenvalue weighted by Gasteiger charge is 2.37. The minimum absolute atomic E-state index is 0.449. The molecule has 2 heteroatoms. The average molecular weight is 168 g/mol. The standard InChI is InChI=1S/C10H20N2/c1-10(6-7-11-8-10)12(2)9-4-3-5-9/h9,11H,3-8H2,1-2H3/t10-/m1/s1. The van der Waals surface area contributed by atoms with Crippen LogP contribution in [0.3, 0.4) is 0 Å². The van der Waals surface area contributed by atoms with E-state index in [1.807, 2.05) is 0 Å². The molecule has 0 amide bonds. The summed E-state index contributed by atoms with van der Waals surface area (Å²) in [6.07, 6.45) is 5.61. The molecule has 1 aliphatic heterocycles. The molecule has 1 saturated carbocycles. The highest BCUT2D eigenvalue weighted by molar-refractivity contribution is 4.96. The summed E-state index contributed by atoms with van der Waals surface area (Å²) in [5.41, 5.74) is 0.449. The van der Waals surface area contributed by atoms with Crippen molar-refractivity contribution in [3.8, 4) is 0 Å². The van der Waals surface area contributed by atoms with Gasteiger partial charge in [0.25, 0.3) is 0 Å². The number of nitrogens with zero attached hydrogens (tertiary/aromatic N) is 1. The first-order chi connectivity index (χ1) is 5.72. The maximum Gasteiger partial charge on any atom is 0.0317 e. The minimum Gasteiger partial charge on any atom is -0.315 e. The van der Waals surface area contributed by atoms with Crippen LogP contribution in [0.5, 0.6) is 0 Å². The summed E-state index contributed by atoms with van der Waals surface area (Å²) in [5.74, 6) is 0. The van der Waals surface area contributed by atoms with Gasteiger partial charge in [0.05, 0.1) is 0 Å². The van der Waals surface area contributed by atoms with Crippen molar-refractivity contribution < 1.29 is 0 Å². The lowest BCUT2D eigenvalue weighted by Crippen LogP contribution is -2.52. The Hall–Kier alpha value is -0.0800. The lowest BCUT2D eigenvalue weighted by molar-refractivity contribution is 0.0573. The van der Waals surface area contributed by atoms with E-state index in [0.29, 0.717) is 5.54 Å². The van der Waals surface area contributed by atoms with E-state index in [0.717, 1.165) is 6.04 Å². The number of nitrogens with one attached hydrogen (secondary N) is 1. The number of hydrogen-bond acceptors (Lipinski definition) is 2. The summed E-state index contributed by atoms with van der Waals surface area (Å²) in [7, 11) is 2.30. The molecule has 0 bridgehead atoms. The zero-order chi connectivity index (χ0) is 8.60. The van der Waals surface area contributed by atoms with E-state index in [9.17, 15) is 0 Å². The zero-order valence-corrected chi connectivity index (χ0v) is 8.27. The van der Waals surface area contributed by atoms with Gasteiger partial charge >= 0.3 is 0 Å². The normalized spacial score (nSPS) is 37.2. The molecule has 0 aromatic carbocycles. The summed E-state index contributed by atoms with van der Waals surface area (Å²) in [6.45, 7) is 4.78. The quantitative estimate of drug-likeness (QED) is 0.667. The van der Waals surface area contributed by atoms with Gasteiger partial charge in [0, 0.05) is 18.1 Å². The van der Waals surface area contributed by atoms with Gasteiger partial charge in [-0.25, -0.2) is 0 Å². The fourth-order valence-corrected chi connectivity index (χ4v) is 2.32. The maximum absolute atomic E-state index is 3.46. The van der Waals surface area contributed by atoms with Crippen molar-refractivity contribution in [3.63, 3.8) is 0 Å². The lowest BCUT2D eigenvalue weighted by Gasteiger charge is -2.44. The molecule has 70 valence electrons. The van der Waals surface area contributed by atoms with Crippen molar-refractivity contribution in [2.45, 2.75) is 44.2 Å². The van der Waals surface area contributed by atoms with Crippen molar-refractivity contribution in [1.82, 2.24) is 10.2 Å². The first-order valence-corrected chi connectivity index (χ1v) is 5.16. The minimum atomic E-state index is 0.449. The van der Waals surface area contributed by atoms with Crippen LogP contribution in [-0.4, -0.2) is 36.6 Å². The van der Waals surface area contributed by atoms with Gasteiger partial charge in [-0.3, -0.25) is 4.90 Å². The molecule has 2 aliphatic rings. The Morgan fingerprint density at radius 3 is 2.58 bits per heavy atom. The van der Waals surface area contributed by atoms with Crippen LogP contribution in [0, 0.1) is 0 Å². The molecule has 0 aromatic heterocycles. The molecule has 0 unspecified atom stereocenters. The molecule has 2 fully saturated rings. The van der Waals surface area contributed by atoms with Gasteiger partial charge in [-0.1, -0.05) is 6.42 Å². The molecule has 1 heterocycles. The molecular weight excluding hydrogens is 148 g/mol. The molecule has 1 aliphatic carbocycles. The lowest BCUT2D eigenvalue weighted by atomic mass is 9.87. The highest BCUT2D eigenvalue weighted by Crippen LogP contribution is 2.31. The van der Waals surface area contributed by atoms with Gasteiger partial charge in [0.2, 0.25) is 0 Å². The van der Waals surface area contributed by atoms with Crippen LogP contribution < -0.4 is 5.32 Å². The van der Waals surface area contributed by atoms with Crippen molar-refractivity contribution in [3.05, 3.63) is 0 Å². The smallest absolute Gasteiger partial charge is 0.0317 e. The van der Waals surface area contributed by atoms with E-state index in [-0.39, 0.29) is 0 Å². The van der Waals surface area contributed by atoms with Crippen LogP contribution in [0.1, 0.15) is 32.6 Å². The Balaban J connectivity index is 1.96. The van der Waals surface area contributed by atoms with E-state index in [4.69, 9.17) is 0 Å². The summed E-state index contributed by atoms with van der Waals surface area (Å²) in [6, 6.07) is 0.884. The third-order valence-corrected chi connectivity index (χ3v) is 3.82. The van der Waals surface area contributed by atoms with Gasteiger partial charge in [-0.15, -0.1) is 0 Å². The van der Waals surface area contributed by atoms with Crippen LogP contribution in [-0.2, 0) is 0 Å². The topological polar surface area (TPSA) is 15.3 Å². The Morgan fingerprint density at radius 1 is 1.42 bits per heavy atom. The molecule has 2 nitrogen and oxygen atoms in total. The van der Waals surface area contributed by atoms with E-state index >= 15 is 0 Å². The second kappa shape index (κ2) is 3.00. The van der Waals surface area contributed by atoms with Crippen LogP contribution >= 0.6 is 0 Å². The summed E-state index contributed by atoms with van der Waals surface area (Å²) >= 11 is 0.